The fourth-order valence-corrected chi connectivity index (χ4v) is 2.18. The van der Waals surface area contributed by atoms with Crippen molar-refractivity contribution in [1.29, 1.82) is 0 Å². The molecule has 4 nitrogen and oxygen atoms in total. The van der Waals surface area contributed by atoms with Crippen LogP contribution in [0.15, 0.2) is 48.8 Å². The molecule has 0 radical (unpaired) electrons. The van der Waals surface area contributed by atoms with Gasteiger partial charge in [0, 0.05) is 10.4 Å². The lowest BCUT2D eigenvalue weighted by Gasteiger charge is -2.11. The fourth-order valence-electron chi connectivity index (χ4n) is 2.00. The molecule has 6 heteroatoms. The molecule has 3 rings (SSSR count). The van der Waals surface area contributed by atoms with Crippen molar-refractivity contribution in [1.82, 2.24) is 9.97 Å². The zero-order valence-corrected chi connectivity index (χ0v) is 12.8. The van der Waals surface area contributed by atoms with E-state index < -0.39 is 0 Å². The SMILES string of the molecule is COc1ccccc1Nc1ncnc2ccc(Cl)cc12.Cl. The lowest BCUT2D eigenvalue weighted by atomic mass is 10.2. The predicted molar refractivity (Wildman–Crippen MR) is 88.1 cm³/mol. The number of anilines is 2. The van der Waals surface area contributed by atoms with Crippen LogP contribution in [-0.4, -0.2) is 17.1 Å². The van der Waals surface area contributed by atoms with E-state index in [0.717, 1.165) is 22.3 Å². The minimum Gasteiger partial charge on any atom is -0.495 e. The molecule has 1 N–H and O–H groups in total. The van der Waals surface area contributed by atoms with Crippen molar-refractivity contribution in [2.24, 2.45) is 0 Å². The number of halogens is 2. The summed E-state index contributed by atoms with van der Waals surface area (Å²) in [5, 5.41) is 4.77. The van der Waals surface area contributed by atoms with Gasteiger partial charge in [-0.1, -0.05) is 23.7 Å². The molecule has 0 aliphatic carbocycles. The normalized spacial score (nSPS) is 10.0. The van der Waals surface area contributed by atoms with Gasteiger partial charge in [0.15, 0.2) is 0 Å². The Labute approximate surface area is 133 Å². The Balaban J connectivity index is 0.00000161. The van der Waals surface area contributed by atoms with Crippen molar-refractivity contribution in [2.75, 3.05) is 12.4 Å². The number of ether oxygens (including phenoxy) is 1. The van der Waals surface area contributed by atoms with Gasteiger partial charge in [-0.05, 0) is 30.3 Å². The number of hydrogen-bond acceptors (Lipinski definition) is 4. The summed E-state index contributed by atoms with van der Waals surface area (Å²) in [5.74, 6) is 1.45. The van der Waals surface area contributed by atoms with Crippen LogP contribution in [0.25, 0.3) is 10.9 Å². The Kier molecular flexibility index (Phi) is 4.83. The second-order valence-corrected chi connectivity index (χ2v) is 4.65. The summed E-state index contributed by atoms with van der Waals surface area (Å²) in [6.07, 6.45) is 1.52. The number of hydrogen-bond donors (Lipinski definition) is 1. The summed E-state index contributed by atoms with van der Waals surface area (Å²) in [7, 11) is 1.63. The van der Waals surface area contributed by atoms with Crippen LogP contribution in [0.2, 0.25) is 5.02 Å². The number of rotatable bonds is 3. The number of benzene rings is 2. The minimum absolute atomic E-state index is 0. The minimum atomic E-state index is 0. The predicted octanol–water partition coefficient (Wildman–Crippen LogP) is 4.46. The first kappa shape index (κ1) is 15.4. The molecule has 0 aliphatic rings. The van der Waals surface area contributed by atoms with E-state index in [0.29, 0.717) is 10.8 Å². The van der Waals surface area contributed by atoms with Crippen LogP contribution in [0, 0.1) is 0 Å². The molecule has 0 fully saturated rings. The van der Waals surface area contributed by atoms with Crippen LogP contribution in [-0.2, 0) is 0 Å². The van der Waals surface area contributed by atoms with Crippen molar-refractivity contribution in [3.63, 3.8) is 0 Å². The zero-order chi connectivity index (χ0) is 13.9. The number of aromatic nitrogens is 2. The smallest absolute Gasteiger partial charge is 0.142 e. The van der Waals surface area contributed by atoms with Crippen LogP contribution in [0.5, 0.6) is 5.75 Å². The second-order valence-electron chi connectivity index (χ2n) is 4.21. The highest BCUT2D eigenvalue weighted by molar-refractivity contribution is 6.31. The van der Waals surface area contributed by atoms with E-state index >= 15 is 0 Å². The van der Waals surface area contributed by atoms with Gasteiger partial charge in [0.05, 0.1) is 18.3 Å². The second kappa shape index (κ2) is 6.61. The molecule has 3 aromatic rings. The van der Waals surface area contributed by atoms with Crippen molar-refractivity contribution >= 4 is 46.4 Å². The molecular formula is C15H13Cl2N3O. The molecule has 0 saturated carbocycles. The molecule has 21 heavy (non-hydrogen) atoms. The van der Waals surface area contributed by atoms with E-state index in [9.17, 15) is 0 Å². The molecular weight excluding hydrogens is 309 g/mol. The molecule has 1 heterocycles. The molecule has 0 atom stereocenters. The quantitative estimate of drug-likeness (QED) is 0.773. The average Bonchev–Trinajstić information content (AvgIpc) is 2.48. The van der Waals surface area contributed by atoms with Crippen molar-refractivity contribution in [3.8, 4) is 5.75 Å². The van der Waals surface area contributed by atoms with Gasteiger partial charge in [0.25, 0.3) is 0 Å². The Morgan fingerprint density at radius 1 is 1.10 bits per heavy atom. The lowest BCUT2D eigenvalue weighted by Crippen LogP contribution is -1.98. The van der Waals surface area contributed by atoms with Crippen LogP contribution in [0.1, 0.15) is 0 Å². The standard InChI is InChI=1S/C15H12ClN3O.ClH/c1-20-14-5-3-2-4-13(14)19-15-11-8-10(16)6-7-12(11)17-9-18-15;/h2-9H,1H3,(H,17,18,19);1H. The van der Waals surface area contributed by atoms with Crippen molar-refractivity contribution in [2.45, 2.75) is 0 Å². The number of para-hydroxylation sites is 2. The molecule has 0 saturated heterocycles. The van der Waals surface area contributed by atoms with Gasteiger partial charge in [0.1, 0.15) is 17.9 Å². The van der Waals surface area contributed by atoms with Crippen LogP contribution >= 0.6 is 24.0 Å². The van der Waals surface area contributed by atoms with E-state index in [2.05, 4.69) is 15.3 Å². The molecule has 0 unspecified atom stereocenters. The summed E-state index contributed by atoms with van der Waals surface area (Å²) in [6, 6.07) is 13.2. The molecule has 0 aliphatic heterocycles. The maximum atomic E-state index is 6.04. The molecule has 0 bridgehead atoms. The van der Waals surface area contributed by atoms with Crippen LogP contribution in [0.4, 0.5) is 11.5 Å². The Morgan fingerprint density at radius 2 is 1.90 bits per heavy atom. The topological polar surface area (TPSA) is 47.0 Å². The van der Waals surface area contributed by atoms with Gasteiger partial charge < -0.3 is 10.1 Å². The van der Waals surface area contributed by atoms with Crippen LogP contribution in [0.3, 0.4) is 0 Å². The number of nitrogens with one attached hydrogen (secondary N) is 1. The maximum absolute atomic E-state index is 6.04. The van der Waals surface area contributed by atoms with E-state index in [1.807, 2.05) is 42.5 Å². The largest absolute Gasteiger partial charge is 0.495 e. The molecule has 0 amide bonds. The Bertz CT molecular complexity index is 765. The number of nitrogens with zero attached hydrogens (tertiary/aromatic N) is 2. The summed E-state index contributed by atoms with van der Waals surface area (Å²) in [5.41, 5.74) is 1.68. The van der Waals surface area contributed by atoms with Gasteiger partial charge in [-0.3, -0.25) is 0 Å². The first-order chi connectivity index (χ1) is 9.78. The number of methoxy groups -OCH3 is 1. The number of fused-ring (bicyclic) bond motifs is 1. The van der Waals surface area contributed by atoms with Crippen molar-refractivity contribution in [3.05, 3.63) is 53.8 Å². The summed E-state index contributed by atoms with van der Waals surface area (Å²) < 4.78 is 5.32. The van der Waals surface area contributed by atoms with Gasteiger partial charge in [-0.25, -0.2) is 9.97 Å². The third kappa shape index (κ3) is 3.17. The molecule has 1 aromatic heterocycles. The highest BCUT2D eigenvalue weighted by Crippen LogP contribution is 2.30. The summed E-state index contributed by atoms with van der Waals surface area (Å²) >= 11 is 6.04. The Morgan fingerprint density at radius 3 is 2.71 bits per heavy atom. The van der Waals surface area contributed by atoms with E-state index in [1.165, 1.54) is 6.33 Å². The zero-order valence-electron chi connectivity index (χ0n) is 11.2. The monoisotopic (exact) mass is 321 g/mol. The average molecular weight is 322 g/mol. The van der Waals surface area contributed by atoms with E-state index in [4.69, 9.17) is 16.3 Å². The molecule has 2 aromatic carbocycles. The van der Waals surface area contributed by atoms with Gasteiger partial charge in [0.2, 0.25) is 0 Å². The first-order valence-electron chi connectivity index (χ1n) is 6.08. The summed E-state index contributed by atoms with van der Waals surface area (Å²) in [6.45, 7) is 0. The van der Waals surface area contributed by atoms with Gasteiger partial charge in [-0.2, -0.15) is 0 Å². The third-order valence-corrected chi connectivity index (χ3v) is 3.19. The summed E-state index contributed by atoms with van der Waals surface area (Å²) in [4.78, 5) is 8.51. The lowest BCUT2D eigenvalue weighted by molar-refractivity contribution is 0.417. The van der Waals surface area contributed by atoms with Gasteiger partial charge >= 0.3 is 0 Å². The van der Waals surface area contributed by atoms with Gasteiger partial charge in [-0.15, -0.1) is 12.4 Å². The highest BCUT2D eigenvalue weighted by Gasteiger charge is 2.07. The van der Waals surface area contributed by atoms with Crippen molar-refractivity contribution < 1.29 is 4.74 Å². The maximum Gasteiger partial charge on any atom is 0.142 e. The molecule has 0 spiro atoms. The first-order valence-corrected chi connectivity index (χ1v) is 6.46. The van der Waals surface area contributed by atoms with E-state index in [1.54, 1.807) is 7.11 Å². The third-order valence-electron chi connectivity index (χ3n) is 2.96. The van der Waals surface area contributed by atoms with Crippen LogP contribution < -0.4 is 10.1 Å². The Hall–Kier alpha value is -2.04. The highest BCUT2D eigenvalue weighted by atomic mass is 35.5. The molecule has 108 valence electrons. The van der Waals surface area contributed by atoms with E-state index in [-0.39, 0.29) is 12.4 Å². The fraction of sp³-hybridized carbons (Fsp3) is 0.0667.